The lowest BCUT2D eigenvalue weighted by molar-refractivity contribution is -0.111. The highest BCUT2D eigenvalue weighted by Gasteiger charge is 2.21. The van der Waals surface area contributed by atoms with Gasteiger partial charge in [0.05, 0.1) is 4.90 Å². The average Bonchev–Trinajstić information content (AvgIpc) is 2.68. The van der Waals surface area contributed by atoms with Crippen molar-refractivity contribution in [2.75, 3.05) is 5.32 Å². The van der Waals surface area contributed by atoms with Gasteiger partial charge in [0.15, 0.2) is 0 Å². The fraction of sp³-hybridized carbons (Fsp3) is 0.286. The lowest BCUT2D eigenvalue weighted by Crippen LogP contribution is -2.36. The Morgan fingerprint density at radius 1 is 0.964 bits per heavy atom. The predicted molar refractivity (Wildman–Crippen MR) is 113 cm³/mol. The Morgan fingerprint density at radius 2 is 1.61 bits per heavy atom. The predicted octanol–water partition coefficient (Wildman–Crippen LogP) is 4.60. The second-order valence-corrected chi connectivity index (χ2v) is 9.01. The second-order valence-electron chi connectivity index (χ2n) is 6.85. The molecule has 3 rings (SSSR count). The van der Waals surface area contributed by atoms with Crippen molar-refractivity contribution in [1.29, 1.82) is 0 Å². The summed E-state index contributed by atoms with van der Waals surface area (Å²) in [5.74, 6) is -0.300. The molecule has 0 unspecified atom stereocenters. The van der Waals surface area contributed by atoms with Gasteiger partial charge in [0.25, 0.3) is 0 Å². The molecule has 0 aromatic heterocycles. The number of nitrogens with one attached hydrogen (secondary N) is 2. The van der Waals surface area contributed by atoms with Gasteiger partial charge in [-0.3, -0.25) is 4.79 Å². The van der Waals surface area contributed by atoms with Crippen LogP contribution in [0, 0.1) is 0 Å². The Balaban J connectivity index is 1.58. The van der Waals surface area contributed by atoms with Crippen LogP contribution in [0.2, 0.25) is 5.02 Å². The number of carbonyl (C=O) groups excluding carboxylic acids is 1. The smallest absolute Gasteiger partial charge is 0.248 e. The highest BCUT2D eigenvalue weighted by Crippen LogP contribution is 2.21. The molecule has 1 saturated carbocycles. The molecule has 5 nitrogen and oxygen atoms in total. The molecular formula is C21H23ClN2O3S. The SMILES string of the molecule is O=C(/C=C/c1ccc(Cl)cc1)Nc1ccc(S(=O)(=O)NC2CCCCC2)cc1. The summed E-state index contributed by atoms with van der Waals surface area (Å²) in [6.07, 6.45) is 8.14. The summed E-state index contributed by atoms with van der Waals surface area (Å²) in [7, 11) is -3.54. The van der Waals surface area contributed by atoms with Gasteiger partial charge in [0.2, 0.25) is 15.9 Å². The Bertz CT molecular complexity index is 933. The van der Waals surface area contributed by atoms with Gasteiger partial charge in [-0.1, -0.05) is 43.0 Å². The van der Waals surface area contributed by atoms with Crippen LogP contribution in [0.25, 0.3) is 6.08 Å². The molecule has 148 valence electrons. The van der Waals surface area contributed by atoms with Gasteiger partial charge in [-0.2, -0.15) is 0 Å². The van der Waals surface area contributed by atoms with Gasteiger partial charge in [-0.25, -0.2) is 13.1 Å². The van der Waals surface area contributed by atoms with Crippen molar-refractivity contribution in [3.05, 3.63) is 65.2 Å². The molecule has 0 spiro atoms. The van der Waals surface area contributed by atoms with Crippen LogP contribution in [0.1, 0.15) is 37.7 Å². The largest absolute Gasteiger partial charge is 0.323 e. The van der Waals surface area contributed by atoms with Crippen LogP contribution in [0.15, 0.2) is 59.5 Å². The van der Waals surface area contributed by atoms with Crippen LogP contribution in [-0.4, -0.2) is 20.4 Å². The van der Waals surface area contributed by atoms with Crippen molar-refractivity contribution in [3.8, 4) is 0 Å². The van der Waals surface area contributed by atoms with Gasteiger partial charge in [-0.05, 0) is 60.9 Å². The lowest BCUT2D eigenvalue weighted by Gasteiger charge is -2.22. The fourth-order valence-corrected chi connectivity index (χ4v) is 4.59. The maximum absolute atomic E-state index is 12.5. The van der Waals surface area contributed by atoms with E-state index in [-0.39, 0.29) is 16.8 Å². The first-order valence-electron chi connectivity index (χ1n) is 9.29. The number of carbonyl (C=O) groups is 1. The third kappa shape index (κ3) is 5.92. The van der Waals surface area contributed by atoms with Crippen LogP contribution in [-0.2, 0) is 14.8 Å². The third-order valence-corrected chi connectivity index (χ3v) is 6.44. The summed E-state index contributed by atoms with van der Waals surface area (Å²) in [6.45, 7) is 0. The molecule has 0 radical (unpaired) electrons. The molecule has 1 aliphatic carbocycles. The molecule has 1 fully saturated rings. The lowest BCUT2D eigenvalue weighted by atomic mass is 9.96. The molecule has 0 heterocycles. The molecule has 2 aromatic rings. The highest BCUT2D eigenvalue weighted by molar-refractivity contribution is 7.89. The maximum Gasteiger partial charge on any atom is 0.248 e. The minimum Gasteiger partial charge on any atom is -0.323 e. The van der Waals surface area contributed by atoms with Crippen LogP contribution in [0.4, 0.5) is 5.69 Å². The van der Waals surface area contributed by atoms with E-state index >= 15 is 0 Å². The van der Waals surface area contributed by atoms with Crippen molar-refractivity contribution in [3.63, 3.8) is 0 Å². The van der Waals surface area contributed by atoms with E-state index in [9.17, 15) is 13.2 Å². The van der Waals surface area contributed by atoms with Crippen LogP contribution >= 0.6 is 11.6 Å². The van der Waals surface area contributed by atoms with Crippen LogP contribution in [0.5, 0.6) is 0 Å². The Labute approximate surface area is 170 Å². The number of sulfonamides is 1. The minimum atomic E-state index is -3.54. The number of amides is 1. The molecule has 28 heavy (non-hydrogen) atoms. The second kappa shape index (κ2) is 9.37. The fourth-order valence-electron chi connectivity index (χ4n) is 3.16. The van der Waals surface area contributed by atoms with Gasteiger partial charge in [0, 0.05) is 22.8 Å². The van der Waals surface area contributed by atoms with Crippen LogP contribution < -0.4 is 10.0 Å². The zero-order valence-electron chi connectivity index (χ0n) is 15.4. The van der Waals surface area contributed by atoms with E-state index in [1.54, 1.807) is 30.3 Å². The highest BCUT2D eigenvalue weighted by atomic mass is 35.5. The Kier molecular flexibility index (Phi) is 6.88. The summed E-state index contributed by atoms with van der Waals surface area (Å²) < 4.78 is 27.8. The molecule has 1 amide bonds. The van der Waals surface area contributed by atoms with E-state index in [1.165, 1.54) is 24.6 Å². The van der Waals surface area contributed by atoms with Gasteiger partial charge in [-0.15, -0.1) is 0 Å². The van der Waals surface area contributed by atoms with E-state index in [2.05, 4.69) is 10.0 Å². The quantitative estimate of drug-likeness (QED) is 0.673. The molecular weight excluding hydrogens is 396 g/mol. The van der Waals surface area contributed by atoms with Crippen molar-refractivity contribution in [1.82, 2.24) is 4.72 Å². The van der Waals surface area contributed by atoms with E-state index in [0.29, 0.717) is 10.7 Å². The molecule has 7 heteroatoms. The van der Waals surface area contributed by atoms with Crippen molar-refractivity contribution >= 4 is 39.3 Å². The zero-order valence-corrected chi connectivity index (χ0v) is 17.0. The van der Waals surface area contributed by atoms with E-state index < -0.39 is 10.0 Å². The zero-order chi connectivity index (χ0) is 20.0. The number of benzene rings is 2. The summed E-state index contributed by atoms with van der Waals surface area (Å²) in [5.41, 5.74) is 1.39. The van der Waals surface area contributed by atoms with E-state index in [4.69, 9.17) is 11.6 Å². The number of anilines is 1. The molecule has 2 aromatic carbocycles. The first kappa shape index (κ1) is 20.6. The van der Waals surface area contributed by atoms with Crippen molar-refractivity contribution in [2.45, 2.75) is 43.0 Å². The van der Waals surface area contributed by atoms with Crippen molar-refractivity contribution in [2.24, 2.45) is 0 Å². The number of rotatable bonds is 6. The Morgan fingerprint density at radius 3 is 2.25 bits per heavy atom. The summed E-state index contributed by atoms with van der Waals surface area (Å²) in [6, 6.07) is 13.3. The van der Waals surface area contributed by atoms with E-state index in [0.717, 1.165) is 31.2 Å². The Hall–Kier alpha value is -2.15. The molecule has 0 atom stereocenters. The van der Waals surface area contributed by atoms with Gasteiger partial charge >= 0.3 is 0 Å². The normalized spacial score (nSPS) is 15.6. The first-order valence-corrected chi connectivity index (χ1v) is 11.2. The van der Waals surface area contributed by atoms with E-state index in [1.807, 2.05) is 12.1 Å². The monoisotopic (exact) mass is 418 g/mol. The van der Waals surface area contributed by atoms with Gasteiger partial charge < -0.3 is 5.32 Å². The standard InChI is InChI=1S/C21H23ClN2O3S/c22-17-9-6-16(7-10-17)8-15-21(25)23-18-11-13-20(14-12-18)28(26,27)24-19-4-2-1-3-5-19/h6-15,19,24H,1-5H2,(H,23,25)/b15-8+. The van der Waals surface area contributed by atoms with Crippen LogP contribution in [0.3, 0.4) is 0 Å². The van der Waals surface area contributed by atoms with Gasteiger partial charge in [0.1, 0.15) is 0 Å². The molecule has 2 N–H and O–H groups in total. The molecule has 0 aliphatic heterocycles. The number of halogens is 1. The number of hydrogen-bond acceptors (Lipinski definition) is 3. The first-order chi connectivity index (χ1) is 13.4. The molecule has 1 aliphatic rings. The minimum absolute atomic E-state index is 0.0103. The average molecular weight is 419 g/mol. The topological polar surface area (TPSA) is 75.3 Å². The third-order valence-electron chi connectivity index (χ3n) is 4.66. The maximum atomic E-state index is 12.5. The summed E-state index contributed by atoms with van der Waals surface area (Å²) in [4.78, 5) is 12.2. The van der Waals surface area contributed by atoms with Crippen molar-refractivity contribution < 1.29 is 13.2 Å². The number of hydrogen-bond donors (Lipinski definition) is 2. The summed E-state index contributed by atoms with van der Waals surface area (Å²) in [5, 5.41) is 3.35. The molecule has 0 saturated heterocycles. The molecule has 0 bridgehead atoms. The summed E-state index contributed by atoms with van der Waals surface area (Å²) >= 11 is 5.83.